The van der Waals surface area contributed by atoms with Crippen molar-refractivity contribution in [2.24, 2.45) is 0 Å². The van der Waals surface area contributed by atoms with Crippen LogP contribution >= 0.6 is 8.03 Å². The summed E-state index contributed by atoms with van der Waals surface area (Å²) in [5.74, 6) is -0.909. The molecule has 16 heavy (non-hydrogen) atoms. The third-order valence-corrected chi connectivity index (χ3v) is 3.10. The van der Waals surface area contributed by atoms with Crippen molar-refractivity contribution in [3.63, 3.8) is 0 Å². The van der Waals surface area contributed by atoms with E-state index in [0.29, 0.717) is 0 Å². The van der Waals surface area contributed by atoms with E-state index in [9.17, 15) is 17.8 Å². The monoisotopic (exact) mass is 273 g/mol. The molecule has 0 heterocycles. The van der Waals surface area contributed by atoms with Gasteiger partial charge in [-0.25, -0.2) is 4.79 Å². The highest BCUT2D eigenvalue weighted by atomic mass is 32.2. The van der Waals surface area contributed by atoms with Crippen molar-refractivity contribution in [3.8, 4) is 0 Å². The van der Waals surface area contributed by atoms with Gasteiger partial charge in [-0.3, -0.25) is 4.18 Å². The van der Waals surface area contributed by atoms with Crippen LogP contribution in [0.4, 0.5) is 0 Å². The first kappa shape index (κ1) is 15.4. The zero-order valence-electron chi connectivity index (χ0n) is 9.20. The molecule has 2 atom stereocenters. The largest absolute Gasteiger partial charge is 0.511 e. The number of methoxy groups -OCH3 is 1. The Kier molecular flexibility index (Phi) is 6.66. The summed E-state index contributed by atoms with van der Waals surface area (Å²) in [5, 5.41) is 0. The Hall–Kier alpha value is -0.560. The van der Waals surface area contributed by atoms with Crippen molar-refractivity contribution in [3.05, 3.63) is 0 Å². The van der Waals surface area contributed by atoms with E-state index in [0.717, 1.165) is 13.4 Å². The lowest BCUT2D eigenvalue weighted by atomic mass is 10.4. The molecule has 0 fully saturated rings. The Labute approximate surface area is 95.1 Å². The van der Waals surface area contributed by atoms with Crippen LogP contribution < -0.4 is 0 Å². The van der Waals surface area contributed by atoms with Crippen LogP contribution in [0.15, 0.2) is 0 Å². The third-order valence-electron chi connectivity index (χ3n) is 1.34. The van der Waals surface area contributed by atoms with Gasteiger partial charge in [-0.2, -0.15) is 8.42 Å². The summed E-state index contributed by atoms with van der Waals surface area (Å²) in [6.45, 7) is 1.82. The zero-order chi connectivity index (χ0) is 12.8. The minimum absolute atomic E-state index is 0.196. The second-order valence-electron chi connectivity index (χ2n) is 2.75. The summed E-state index contributed by atoms with van der Waals surface area (Å²) in [6, 6.07) is 0. The van der Waals surface area contributed by atoms with Crippen molar-refractivity contribution in [1.29, 1.82) is 0 Å². The molecular weight excluding hydrogens is 259 g/mol. The van der Waals surface area contributed by atoms with Gasteiger partial charge in [0.2, 0.25) is 12.3 Å². The average Bonchev–Trinajstić information content (AvgIpc) is 2.13. The fourth-order valence-corrected chi connectivity index (χ4v) is 2.38. The van der Waals surface area contributed by atoms with E-state index >= 15 is 0 Å². The minimum atomic E-state index is -3.82. The maximum Gasteiger partial charge on any atom is 0.511 e. The van der Waals surface area contributed by atoms with Gasteiger partial charge in [0.1, 0.15) is 0 Å². The Bertz CT molecular complexity index is 350. The summed E-state index contributed by atoms with van der Waals surface area (Å²) < 4.78 is 46.3. The smallest absolute Gasteiger partial charge is 0.467 e. The molecule has 0 aromatic carbocycles. The lowest BCUT2D eigenvalue weighted by Gasteiger charge is -2.08. The van der Waals surface area contributed by atoms with Gasteiger partial charge in [0.05, 0.1) is 20.0 Å². The van der Waals surface area contributed by atoms with Crippen LogP contribution in [-0.4, -0.2) is 46.6 Å². The lowest BCUT2D eigenvalue weighted by molar-refractivity contribution is -0.147. The van der Waals surface area contributed by atoms with Crippen LogP contribution in [0, 0.1) is 0 Å². The summed E-state index contributed by atoms with van der Waals surface area (Å²) in [7, 11) is -4.90. The second-order valence-corrected chi connectivity index (χ2v) is 5.63. The van der Waals surface area contributed by atoms with E-state index in [1.54, 1.807) is 6.92 Å². The summed E-state index contributed by atoms with van der Waals surface area (Å²) in [5.41, 5.74) is 0. The first-order valence-corrected chi connectivity index (χ1v) is 7.51. The molecule has 0 amide bonds. The Balaban J connectivity index is 4.56. The normalized spacial score (nSPS) is 14.3. The molecule has 0 rings (SSSR count). The van der Waals surface area contributed by atoms with Gasteiger partial charge >= 0.3 is 14.0 Å². The molecule has 0 bridgehead atoms. The van der Waals surface area contributed by atoms with E-state index in [1.165, 1.54) is 0 Å². The second kappa shape index (κ2) is 6.90. The number of rotatable bonds is 7. The molecular formula is C7H14O7PS+. The number of carbonyl (C=O) groups is 1. The highest BCUT2D eigenvalue weighted by Gasteiger charge is 2.34. The number of ether oxygens (including phenoxy) is 1. The van der Waals surface area contributed by atoms with E-state index in [2.05, 4.69) is 8.92 Å². The molecule has 0 aromatic heterocycles. The van der Waals surface area contributed by atoms with Gasteiger partial charge in [0.25, 0.3) is 10.1 Å². The van der Waals surface area contributed by atoms with E-state index < -0.39 is 30.2 Å². The number of esters is 1. The first-order chi connectivity index (χ1) is 7.30. The van der Waals surface area contributed by atoms with Gasteiger partial charge in [-0.1, -0.05) is 0 Å². The highest BCUT2D eigenvalue weighted by molar-refractivity contribution is 7.86. The Morgan fingerprint density at radius 3 is 2.38 bits per heavy atom. The first-order valence-electron chi connectivity index (χ1n) is 4.33. The van der Waals surface area contributed by atoms with Gasteiger partial charge in [0, 0.05) is 0 Å². The predicted octanol–water partition coefficient (Wildman–Crippen LogP) is 0.283. The predicted molar refractivity (Wildman–Crippen MR) is 55.8 cm³/mol. The molecule has 0 radical (unpaired) electrons. The fourth-order valence-electron chi connectivity index (χ4n) is 0.819. The molecule has 0 spiro atoms. The van der Waals surface area contributed by atoms with Crippen LogP contribution in [0.1, 0.15) is 6.92 Å². The quantitative estimate of drug-likeness (QED) is 0.373. The number of carbonyl (C=O) groups excluding carboxylic acids is 1. The van der Waals surface area contributed by atoms with E-state index in [4.69, 9.17) is 4.52 Å². The van der Waals surface area contributed by atoms with Crippen molar-refractivity contribution in [2.45, 2.75) is 13.0 Å². The molecule has 0 aliphatic carbocycles. The molecule has 2 unspecified atom stereocenters. The van der Waals surface area contributed by atoms with Crippen LogP contribution in [0.2, 0.25) is 0 Å². The molecule has 9 heteroatoms. The molecule has 0 saturated carbocycles. The van der Waals surface area contributed by atoms with Crippen LogP contribution in [0.25, 0.3) is 0 Å². The van der Waals surface area contributed by atoms with Crippen molar-refractivity contribution in [1.82, 2.24) is 0 Å². The molecule has 94 valence electrons. The Morgan fingerprint density at radius 1 is 1.44 bits per heavy atom. The molecule has 0 saturated heterocycles. The van der Waals surface area contributed by atoms with Gasteiger partial charge in [-0.15, -0.1) is 4.52 Å². The van der Waals surface area contributed by atoms with E-state index in [-0.39, 0.29) is 12.8 Å². The topological polar surface area (TPSA) is 96.0 Å². The summed E-state index contributed by atoms with van der Waals surface area (Å²) in [6.07, 6.45) is -1.00. The average molecular weight is 273 g/mol. The van der Waals surface area contributed by atoms with E-state index in [1.807, 2.05) is 0 Å². The van der Waals surface area contributed by atoms with Crippen molar-refractivity contribution >= 4 is 24.1 Å². The maximum atomic E-state index is 11.2. The molecule has 0 aliphatic heterocycles. The van der Waals surface area contributed by atoms with Gasteiger partial charge < -0.3 is 4.74 Å². The van der Waals surface area contributed by atoms with Crippen LogP contribution in [0.3, 0.4) is 0 Å². The van der Waals surface area contributed by atoms with Crippen LogP contribution in [-0.2, 0) is 32.9 Å². The Morgan fingerprint density at radius 2 is 2.00 bits per heavy atom. The number of hydrogen-bond donors (Lipinski definition) is 0. The van der Waals surface area contributed by atoms with Crippen molar-refractivity contribution < 1.29 is 31.2 Å². The molecule has 0 N–H and O–H groups in total. The SMILES string of the molecule is CCO[P+](=O)CC(OS(C)(=O)=O)C(=O)OC. The zero-order valence-corrected chi connectivity index (χ0v) is 10.9. The molecule has 0 aliphatic rings. The standard InChI is InChI=1S/C7H14O7PS/c1-4-13-15(9)5-6(7(8)12-2)14-16(3,10)11/h6H,4-5H2,1-3H3/q+1. The minimum Gasteiger partial charge on any atom is -0.467 e. The van der Waals surface area contributed by atoms with Crippen molar-refractivity contribution in [2.75, 3.05) is 26.1 Å². The third kappa shape index (κ3) is 6.84. The number of hydrogen-bond acceptors (Lipinski definition) is 7. The molecule has 0 aromatic rings. The highest BCUT2D eigenvalue weighted by Crippen LogP contribution is 2.24. The fraction of sp³-hybridized carbons (Fsp3) is 0.857. The lowest BCUT2D eigenvalue weighted by Crippen LogP contribution is -2.30. The summed E-state index contributed by atoms with van der Waals surface area (Å²) in [4.78, 5) is 11.1. The van der Waals surface area contributed by atoms with Gasteiger partial charge in [-0.05, 0) is 11.5 Å². The molecule has 7 nitrogen and oxygen atoms in total. The maximum absolute atomic E-state index is 11.2. The summed E-state index contributed by atoms with van der Waals surface area (Å²) >= 11 is 0. The van der Waals surface area contributed by atoms with Gasteiger partial charge in [0.15, 0.2) is 0 Å². The van der Waals surface area contributed by atoms with Crippen LogP contribution in [0.5, 0.6) is 0 Å².